The van der Waals surface area contributed by atoms with Crippen LogP contribution in [0, 0.1) is 5.92 Å². The minimum absolute atomic E-state index is 0.0181. The zero-order valence-corrected chi connectivity index (χ0v) is 12.0. The zero-order chi connectivity index (χ0) is 14.2. The van der Waals surface area contributed by atoms with Gasteiger partial charge >= 0.3 is 0 Å². The van der Waals surface area contributed by atoms with E-state index < -0.39 is 0 Å². The van der Waals surface area contributed by atoms with Gasteiger partial charge in [0, 0.05) is 11.9 Å². The highest BCUT2D eigenvalue weighted by Gasteiger charge is 2.20. The standard InChI is InChI=1S/C17H19N3O/c21-11-16-19-15-9-18-14-8-4-3-7-13(14)17(15)20(16)10-12-5-1-2-6-12/h3-4,7-9,12,21H,1-2,5-6,10-11H2. The normalized spacial score (nSPS) is 16.2. The molecule has 0 unspecified atom stereocenters. The Balaban J connectivity index is 1.94. The van der Waals surface area contributed by atoms with Gasteiger partial charge in [0.25, 0.3) is 0 Å². The van der Waals surface area contributed by atoms with E-state index in [2.05, 4.69) is 20.6 Å². The van der Waals surface area contributed by atoms with Crippen molar-refractivity contribution in [3.63, 3.8) is 0 Å². The van der Waals surface area contributed by atoms with Gasteiger partial charge in [0.2, 0.25) is 0 Å². The molecule has 2 aromatic heterocycles. The average molecular weight is 281 g/mol. The molecule has 4 heteroatoms. The van der Waals surface area contributed by atoms with Gasteiger partial charge in [-0.3, -0.25) is 4.98 Å². The van der Waals surface area contributed by atoms with Crippen LogP contribution in [0.25, 0.3) is 21.9 Å². The summed E-state index contributed by atoms with van der Waals surface area (Å²) in [6, 6.07) is 8.17. The number of pyridine rings is 1. The van der Waals surface area contributed by atoms with E-state index >= 15 is 0 Å². The minimum Gasteiger partial charge on any atom is -0.388 e. The van der Waals surface area contributed by atoms with Crippen LogP contribution in [0.2, 0.25) is 0 Å². The summed E-state index contributed by atoms with van der Waals surface area (Å²) < 4.78 is 2.22. The molecular weight excluding hydrogens is 262 g/mol. The van der Waals surface area contributed by atoms with E-state index in [4.69, 9.17) is 0 Å². The van der Waals surface area contributed by atoms with Crippen molar-refractivity contribution in [2.45, 2.75) is 38.8 Å². The second-order valence-corrected chi connectivity index (χ2v) is 5.96. The van der Waals surface area contributed by atoms with E-state index in [1.54, 1.807) is 0 Å². The summed E-state index contributed by atoms with van der Waals surface area (Å²) in [5.74, 6) is 1.47. The second-order valence-electron chi connectivity index (χ2n) is 5.96. The highest BCUT2D eigenvalue weighted by molar-refractivity contribution is 6.02. The Bertz CT molecular complexity index is 787. The Hall–Kier alpha value is -1.94. The Morgan fingerprint density at radius 2 is 1.95 bits per heavy atom. The van der Waals surface area contributed by atoms with E-state index in [9.17, 15) is 5.11 Å². The summed E-state index contributed by atoms with van der Waals surface area (Å²) in [5.41, 5.74) is 2.99. The van der Waals surface area contributed by atoms with Crippen LogP contribution in [0.4, 0.5) is 0 Å². The molecular formula is C17H19N3O. The molecule has 3 aromatic rings. The molecule has 0 atom stereocenters. The van der Waals surface area contributed by atoms with Gasteiger partial charge in [0.05, 0.1) is 17.2 Å². The molecule has 0 bridgehead atoms. The van der Waals surface area contributed by atoms with Crippen molar-refractivity contribution in [1.82, 2.24) is 14.5 Å². The summed E-state index contributed by atoms with van der Waals surface area (Å²) in [5, 5.41) is 10.8. The van der Waals surface area contributed by atoms with Crippen LogP contribution >= 0.6 is 0 Å². The Labute approximate surface area is 123 Å². The number of aliphatic hydroxyl groups is 1. The number of rotatable bonds is 3. The smallest absolute Gasteiger partial charge is 0.135 e. The summed E-state index contributed by atoms with van der Waals surface area (Å²) in [6.45, 7) is 0.941. The molecule has 1 fully saturated rings. The maximum atomic E-state index is 9.66. The molecule has 0 spiro atoms. The Morgan fingerprint density at radius 3 is 2.76 bits per heavy atom. The van der Waals surface area contributed by atoms with Gasteiger partial charge < -0.3 is 9.67 Å². The summed E-state index contributed by atoms with van der Waals surface area (Å²) in [6.07, 6.45) is 7.05. The van der Waals surface area contributed by atoms with Crippen LogP contribution in [-0.4, -0.2) is 19.6 Å². The maximum absolute atomic E-state index is 9.66. The molecule has 108 valence electrons. The van der Waals surface area contributed by atoms with Crippen LogP contribution in [0.5, 0.6) is 0 Å². The average Bonchev–Trinajstić information content (AvgIpc) is 3.15. The van der Waals surface area contributed by atoms with Crippen LogP contribution in [0.15, 0.2) is 30.5 Å². The van der Waals surface area contributed by atoms with E-state index in [-0.39, 0.29) is 6.61 Å². The largest absolute Gasteiger partial charge is 0.388 e. The molecule has 2 heterocycles. The molecule has 1 aromatic carbocycles. The number of aliphatic hydroxyl groups excluding tert-OH is 1. The lowest BCUT2D eigenvalue weighted by Crippen LogP contribution is -2.11. The lowest BCUT2D eigenvalue weighted by Gasteiger charge is -2.14. The molecule has 21 heavy (non-hydrogen) atoms. The van der Waals surface area contributed by atoms with Crippen molar-refractivity contribution in [3.05, 3.63) is 36.3 Å². The van der Waals surface area contributed by atoms with Gasteiger partial charge in [-0.1, -0.05) is 31.0 Å². The van der Waals surface area contributed by atoms with Gasteiger partial charge in [-0.05, 0) is 24.8 Å². The number of imidazole rings is 1. The molecule has 1 N–H and O–H groups in total. The molecule has 0 radical (unpaired) electrons. The first-order valence-electron chi connectivity index (χ1n) is 7.70. The number of hydrogen-bond acceptors (Lipinski definition) is 3. The fourth-order valence-electron chi connectivity index (χ4n) is 3.58. The quantitative estimate of drug-likeness (QED) is 0.801. The van der Waals surface area contributed by atoms with Gasteiger partial charge in [0.1, 0.15) is 17.9 Å². The predicted molar refractivity (Wildman–Crippen MR) is 82.9 cm³/mol. The highest BCUT2D eigenvalue weighted by Crippen LogP contribution is 2.30. The van der Waals surface area contributed by atoms with E-state index in [1.807, 2.05) is 24.4 Å². The third-order valence-corrected chi connectivity index (χ3v) is 4.62. The van der Waals surface area contributed by atoms with Gasteiger partial charge in [-0.2, -0.15) is 0 Å². The van der Waals surface area contributed by atoms with Crippen molar-refractivity contribution in [2.75, 3.05) is 0 Å². The summed E-state index contributed by atoms with van der Waals surface area (Å²) in [4.78, 5) is 9.05. The molecule has 0 aliphatic heterocycles. The minimum atomic E-state index is -0.0181. The van der Waals surface area contributed by atoms with E-state index in [0.29, 0.717) is 5.92 Å². The molecule has 0 saturated heterocycles. The molecule has 1 aliphatic rings. The summed E-state index contributed by atoms with van der Waals surface area (Å²) >= 11 is 0. The molecule has 4 rings (SSSR count). The van der Waals surface area contributed by atoms with Crippen molar-refractivity contribution in [1.29, 1.82) is 0 Å². The van der Waals surface area contributed by atoms with Gasteiger partial charge in [-0.25, -0.2) is 4.98 Å². The molecule has 1 saturated carbocycles. The Kier molecular flexibility index (Phi) is 3.11. The number of fused-ring (bicyclic) bond motifs is 3. The lowest BCUT2D eigenvalue weighted by atomic mass is 10.1. The van der Waals surface area contributed by atoms with Gasteiger partial charge in [-0.15, -0.1) is 0 Å². The van der Waals surface area contributed by atoms with Crippen molar-refractivity contribution < 1.29 is 5.11 Å². The first-order valence-corrected chi connectivity index (χ1v) is 7.70. The number of nitrogens with zero attached hydrogens (tertiary/aromatic N) is 3. The second kappa shape index (κ2) is 5.11. The van der Waals surface area contributed by atoms with Gasteiger partial charge in [0.15, 0.2) is 0 Å². The van der Waals surface area contributed by atoms with Crippen LogP contribution < -0.4 is 0 Å². The first-order chi connectivity index (χ1) is 10.4. The topological polar surface area (TPSA) is 50.9 Å². The number of benzene rings is 1. The zero-order valence-electron chi connectivity index (χ0n) is 12.0. The third kappa shape index (κ3) is 2.10. The SMILES string of the molecule is OCc1nc2cnc3ccccc3c2n1CC1CCCC1. The van der Waals surface area contributed by atoms with E-state index in [0.717, 1.165) is 34.3 Å². The predicted octanol–water partition coefficient (Wildman–Crippen LogP) is 3.27. The maximum Gasteiger partial charge on any atom is 0.135 e. The third-order valence-electron chi connectivity index (χ3n) is 4.62. The van der Waals surface area contributed by atoms with Crippen molar-refractivity contribution in [2.24, 2.45) is 5.92 Å². The van der Waals surface area contributed by atoms with Crippen LogP contribution in [0.1, 0.15) is 31.5 Å². The number of aromatic nitrogens is 3. The Morgan fingerprint density at radius 1 is 1.14 bits per heavy atom. The monoisotopic (exact) mass is 281 g/mol. The lowest BCUT2D eigenvalue weighted by molar-refractivity contribution is 0.262. The number of hydrogen-bond donors (Lipinski definition) is 1. The highest BCUT2D eigenvalue weighted by atomic mass is 16.3. The first kappa shape index (κ1) is 12.8. The van der Waals surface area contributed by atoms with Crippen molar-refractivity contribution >= 4 is 21.9 Å². The van der Waals surface area contributed by atoms with E-state index in [1.165, 1.54) is 25.7 Å². The van der Waals surface area contributed by atoms with Crippen LogP contribution in [0.3, 0.4) is 0 Å². The molecule has 0 amide bonds. The summed E-state index contributed by atoms with van der Waals surface area (Å²) in [7, 11) is 0. The molecule has 1 aliphatic carbocycles. The molecule has 4 nitrogen and oxygen atoms in total. The number of para-hydroxylation sites is 1. The fourth-order valence-corrected chi connectivity index (χ4v) is 3.58. The fraction of sp³-hybridized carbons (Fsp3) is 0.412. The van der Waals surface area contributed by atoms with Crippen molar-refractivity contribution in [3.8, 4) is 0 Å². The van der Waals surface area contributed by atoms with Crippen LogP contribution in [-0.2, 0) is 13.2 Å².